The van der Waals surface area contributed by atoms with E-state index in [2.05, 4.69) is 65.6 Å². The summed E-state index contributed by atoms with van der Waals surface area (Å²) in [6.45, 7) is 3.35. The molecule has 0 bridgehead atoms. The van der Waals surface area contributed by atoms with Gasteiger partial charge in [0, 0.05) is 6.66 Å². The maximum atomic E-state index is 11.4. The molecule has 1 aliphatic heterocycles. The Morgan fingerprint density at radius 1 is 0.903 bits per heavy atom. The predicted octanol–water partition coefficient (Wildman–Crippen LogP) is 5.92. The highest BCUT2D eigenvalue weighted by Crippen LogP contribution is 2.38. The molecule has 1 saturated heterocycles. The summed E-state index contributed by atoms with van der Waals surface area (Å²) >= 11 is 0. The maximum Gasteiger partial charge on any atom is 0.373 e. The lowest BCUT2D eigenvalue weighted by atomic mass is 9.87. The number of hydrogen-bond acceptors (Lipinski definition) is 3. The van der Waals surface area contributed by atoms with E-state index in [0.717, 1.165) is 32.4 Å². The summed E-state index contributed by atoms with van der Waals surface area (Å²) in [5.41, 5.74) is 3.94. The van der Waals surface area contributed by atoms with Gasteiger partial charge in [-0.1, -0.05) is 72.8 Å². The van der Waals surface area contributed by atoms with Crippen LogP contribution in [0, 0.1) is 5.92 Å². The van der Waals surface area contributed by atoms with Crippen molar-refractivity contribution in [2.45, 2.75) is 25.3 Å². The second-order valence-corrected chi connectivity index (χ2v) is 10.2. The molecule has 162 valence electrons. The van der Waals surface area contributed by atoms with Gasteiger partial charge in [-0.05, 0) is 67.1 Å². The SMILES string of the molecule is CP(=O)(O)Oc1ccc(CC2CCN(C(c3ccccc3)c3ccccc3)CC2)cc1. The van der Waals surface area contributed by atoms with Gasteiger partial charge in [-0.25, -0.2) is 4.57 Å². The van der Waals surface area contributed by atoms with Crippen LogP contribution in [0.5, 0.6) is 5.75 Å². The van der Waals surface area contributed by atoms with Gasteiger partial charge in [0.1, 0.15) is 5.75 Å². The standard InChI is InChI=1S/C26H30NO3P/c1-31(28,29)30-25-14-12-21(13-15-25)20-22-16-18-27(19-17-22)26(23-8-4-2-5-9-23)24-10-6-3-7-11-24/h2-15,22,26H,16-20H2,1H3,(H,28,29). The van der Waals surface area contributed by atoms with Crippen LogP contribution in [0.3, 0.4) is 0 Å². The van der Waals surface area contributed by atoms with Crippen molar-refractivity contribution in [3.05, 3.63) is 102 Å². The van der Waals surface area contributed by atoms with Crippen LogP contribution in [0.4, 0.5) is 0 Å². The molecule has 1 heterocycles. The molecule has 1 atom stereocenters. The van der Waals surface area contributed by atoms with E-state index >= 15 is 0 Å². The number of hydrogen-bond donors (Lipinski definition) is 1. The highest BCUT2D eigenvalue weighted by molar-refractivity contribution is 7.52. The Balaban J connectivity index is 1.39. The van der Waals surface area contributed by atoms with Gasteiger partial charge < -0.3 is 9.42 Å². The quantitative estimate of drug-likeness (QED) is 0.468. The lowest BCUT2D eigenvalue weighted by Crippen LogP contribution is -2.37. The Bertz CT molecular complexity index is 954. The van der Waals surface area contributed by atoms with Crippen LogP contribution in [-0.2, 0) is 11.0 Å². The van der Waals surface area contributed by atoms with Crippen molar-refractivity contribution in [2.75, 3.05) is 19.8 Å². The Kier molecular flexibility index (Phi) is 6.92. The van der Waals surface area contributed by atoms with Crippen LogP contribution in [0.1, 0.15) is 35.6 Å². The Hall–Kier alpha value is -2.39. The van der Waals surface area contributed by atoms with Crippen molar-refractivity contribution in [1.29, 1.82) is 0 Å². The molecule has 3 aromatic carbocycles. The molecule has 5 heteroatoms. The first kappa shape index (κ1) is 21.8. The Morgan fingerprint density at radius 3 is 1.90 bits per heavy atom. The molecular weight excluding hydrogens is 405 g/mol. The molecule has 1 fully saturated rings. The molecule has 0 spiro atoms. The van der Waals surface area contributed by atoms with Crippen LogP contribution in [0.15, 0.2) is 84.9 Å². The van der Waals surface area contributed by atoms with Crippen LogP contribution >= 0.6 is 7.60 Å². The summed E-state index contributed by atoms with van der Waals surface area (Å²) in [5.74, 6) is 1.09. The van der Waals surface area contributed by atoms with E-state index in [0.29, 0.717) is 17.7 Å². The van der Waals surface area contributed by atoms with Gasteiger partial charge in [0.25, 0.3) is 0 Å². The second kappa shape index (κ2) is 9.82. The third-order valence-electron chi connectivity index (χ3n) is 5.97. The van der Waals surface area contributed by atoms with E-state index in [4.69, 9.17) is 4.52 Å². The maximum absolute atomic E-state index is 11.4. The van der Waals surface area contributed by atoms with E-state index in [1.165, 1.54) is 23.4 Å². The van der Waals surface area contributed by atoms with Gasteiger partial charge in [-0.15, -0.1) is 0 Å². The molecule has 31 heavy (non-hydrogen) atoms. The average Bonchev–Trinajstić information content (AvgIpc) is 2.77. The smallest absolute Gasteiger partial charge is 0.373 e. The fourth-order valence-electron chi connectivity index (χ4n) is 4.52. The molecule has 0 aliphatic carbocycles. The molecule has 1 unspecified atom stereocenters. The Morgan fingerprint density at radius 2 is 1.42 bits per heavy atom. The van der Waals surface area contributed by atoms with Gasteiger partial charge in [-0.2, -0.15) is 0 Å². The summed E-state index contributed by atoms with van der Waals surface area (Å²) in [6, 6.07) is 29.5. The first-order valence-corrected chi connectivity index (χ1v) is 12.9. The first-order chi connectivity index (χ1) is 15.0. The van der Waals surface area contributed by atoms with Crippen molar-refractivity contribution in [2.24, 2.45) is 5.92 Å². The van der Waals surface area contributed by atoms with Gasteiger partial charge in [-0.3, -0.25) is 4.90 Å². The predicted molar refractivity (Wildman–Crippen MR) is 126 cm³/mol. The summed E-state index contributed by atoms with van der Waals surface area (Å²) in [5, 5.41) is 0. The highest BCUT2D eigenvalue weighted by atomic mass is 31.2. The number of benzene rings is 3. The monoisotopic (exact) mass is 435 g/mol. The molecule has 0 radical (unpaired) electrons. The van der Waals surface area contributed by atoms with Crippen molar-refractivity contribution in [3.63, 3.8) is 0 Å². The minimum Gasteiger partial charge on any atom is -0.425 e. The van der Waals surface area contributed by atoms with Crippen molar-refractivity contribution in [3.8, 4) is 5.75 Å². The molecule has 3 aromatic rings. The molecular formula is C26H30NO3P. The van der Waals surface area contributed by atoms with E-state index in [-0.39, 0.29) is 0 Å². The molecule has 1 aliphatic rings. The van der Waals surface area contributed by atoms with Gasteiger partial charge >= 0.3 is 7.60 Å². The lowest BCUT2D eigenvalue weighted by molar-refractivity contribution is 0.151. The molecule has 0 aromatic heterocycles. The fraction of sp³-hybridized carbons (Fsp3) is 0.308. The van der Waals surface area contributed by atoms with Crippen LogP contribution in [-0.4, -0.2) is 29.5 Å². The van der Waals surface area contributed by atoms with Crippen LogP contribution < -0.4 is 4.52 Å². The zero-order valence-corrected chi connectivity index (χ0v) is 18.8. The molecule has 0 amide bonds. The number of rotatable bonds is 7. The summed E-state index contributed by atoms with van der Waals surface area (Å²) < 4.78 is 16.5. The zero-order chi connectivity index (χ0) is 21.7. The molecule has 0 saturated carbocycles. The van der Waals surface area contributed by atoms with Gasteiger partial charge in [0.2, 0.25) is 0 Å². The summed E-state index contributed by atoms with van der Waals surface area (Å²) in [7, 11) is -3.51. The zero-order valence-electron chi connectivity index (χ0n) is 17.9. The van der Waals surface area contributed by atoms with Crippen molar-refractivity contribution >= 4 is 7.60 Å². The van der Waals surface area contributed by atoms with E-state index in [9.17, 15) is 9.46 Å². The van der Waals surface area contributed by atoms with Crippen LogP contribution in [0.2, 0.25) is 0 Å². The minimum absolute atomic E-state index is 0.294. The fourth-order valence-corrected chi connectivity index (χ4v) is 5.03. The summed E-state index contributed by atoms with van der Waals surface area (Å²) in [4.78, 5) is 12.0. The van der Waals surface area contributed by atoms with E-state index in [1.807, 2.05) is 12.1 Å². The Labute approximate surface area is 185 Å². The van der Waals surface area contributed by atoms with Crippen LogP contribution in [0.25, 0.3) is 0 Å². The van der Waals surface area contributed by atoms with Gasteiger partial charge in [0.05, 0.1) is 6.04 Å². The number of piperidine rings is 1. The van der Waals surface area contributed by atoms with Gasteiger partial charge in [0.15, 0.2) is 0 Å². The largest absolute Gasteiger partial charge is 0.425 e. The summed E-state index contributed by atoms with van der Waals surface area (Å²) in [6.07, 6.45) is 3.35. The molecule has 4 nitrogen and oxygen atoms in total. The van der Waals surface area contributed by atoms with E-state index in [1.54, 1.807) is 12.1 Å². The first-order valence-electron chi connectivity index (χ1n) is 10.9. The minimum atomic E-state index is -3.51. The normalized spacial score (nSPS) is 17.4. The van der Waals surface area contributed by atoms with E-state index < -0.39 is 7.60 Å². The number of nitrogens with zero attached hydrogens (tertiary/aromatic N) is 1. The lowest BCUT2D eigenvalue weighted by Gasteiger charge is -2.38. The average molecular weight is 436 g/mol. The highest BCUT2D eigenvalue weighted by Gasteiger charge is 2.27. The third kappa shape index (κ3) is 6.07. The second-order valence-electron chi connectivity index (χ2n) is 8.45. The molecule has 1 N–H and O–H groups in total. The van der Waals surface area contributed by atoms with Crippen molar-refractivity contribution < 1.29 is 14.0 Å². The number of likely N-dealkylation sites (tertiary alicyclic amines) is 1. The van der Waals surface area contributed by atoms with Crippen molar-refractivity contribution in [1.82, 2.24) is 4.90 Å². The molecule has 4 rings (SSSR count). The third-order valence-corrected chi connectivity index (χ3v) is 6.52. The topological polar surface area (TPSA) is 49.8 Å².